The number of hydrogen-bond donors (Lipinski definition) is 0. The first kappa shape index (κ1) is 10.8. The van der Waals surface area contributed by atoms with Crippen LogP contribution < -0.4 is 0 Å². The van der Waals surface area contributed by atoms with Crippen molar-refractivity contribution in [2.45, 2.75) is 20.8 Å². The zero-order valence-corrected chi connectivity index (χ0v) is 8.04. The van der Waals surface area contributed by atoms with Gasteiger partial charge in [-0.2, -0.15) is 0 Å². The molecule has 0 heterocycles. The van der Waals surface area contributed by atoms with Gasteiger partial charge in [0.2, 0.25) is 0 Å². The Kier molecular flexibility index (Phi) is 4.19. The van der Waals surface area contributed by atoms with Crippen LogP contribution in [-0.4, -0.2) is 12.6 Å². The zero-order chi connectivity index (χ0) is 9.61. The molecule has 0 N–H and O–H groups in total. The normalized spacial score (nSPS) is 12.6. The highest BCUT2D eigenvalue weighted by Gasteiger charge is 2.12. The standard InChI is InChI=1S/C10H16N2/c1-6-7-11-8-12-9(2)10(3,4)5/h6-8H,1-2H2,3-5H3. The highest BCUT2D eigenvalue weighted by Crippen LogP contribution is 2.23. The van der Waals surface area contributed by atoms with Gasteiger partial charge in [-0.05, 0) is 0 Å². The average Bonchev–Trinajstić information content (AvgIpc) is 1.96. The molecule has 0 saturated carbocycles. The molecular formula is C10H16N2. The summed E-state index contributed by atoms with van der Waals surface area (Å²) in [4.78, 5) is 7.92. The summed E-state index contributed by atoms with van der Waals surface area (Å²) in [6.07, 6.45) is 4.67. The van der Waals surface area contributed by atoms with Crippen molar-refractivity contribution in [2.75, 3.05) is 0 Å². The van der Waals surface area contributed by atoms with Gasteiger partial charge in [-0.1, -0.05) is 40.0 Å². The monoisotopic (exact) mass is 164 g/mol. The average molecular weight is 164 g/mol. The first-order valence-electron chi connectivity index (χ1n) is 3.84. The van der Waals surface area contributed by atoms with Crippen LogP contribution in [-0.2, 0) is 0 Å². The molecule has 2 heteroatoms. The summed E-state index contributed by atoms with van der Waals surface area (Å²) in [7, 11) is 0. The third kappa shape index (κ3) is 4.61. The van der Waals surface area contributed by atoms with Crippen molar-refractivity contribution >= 4 is 12.6 Å². The molecule has 0 atom stereocenters. The molecule has 0 aliphatic heterocycles. The van der Waals surface area contributed by atoms with Crippen LogP contribution in [0.1, 0.15) is 20.8 Å². The molecule has 0 bridgehead atoms. The van der Waals surface area contributed by atoms with Gasteiger partial charge in [0.05, 0.1) is 0 Å². The van der Waals surface area contributed by atoms with Crippen molar-refractivity contribution in [1.29, 1.82) is 0 Å². The lowest BCUT2D eigenvalue weighted by Crippen LogP contribution is -2.06. The second-order valence-electron chi connectivity index (χ2n) is 3.48. The lowest BCUT2D eigenvalue weighted by atomic mass is 9.93. The van der Waals surface area contributed by atoms with Crippen LogP contribution in [0.4, 0.5) is 0 Å². The van der Waals surface area contributed by atoms with Crippen LogP contribution in [0.2, 0.25) is 0 Å². The Bertz CT molecular complexity index is 216. The van der Waals surface area contributed by atoms with E-state index in [1.165, 1.54) is 6.34 Å². The lowest BCUT2D eigenvalue weighted by molar-refractivity contribution is 0.501. The van der Waals surface area contributed by atoms with E-state index in [0.29, 0.717) is 0 Å². The molecule has 0 aliphatic rings. The molecule has 0 spiro atoms. The molecule has 0 amide bonds. The highest BCUT2D eigenvalue weighted by atomic mass is 14.9. The maximum atomic E-state index is 4.07. The Morgan fingerprint density at radius 2 is 1.92 bits per heavy atom. The van der Waals surface area contributed by atoms with Crippen molar-refractivity contribution in [2.24, 2.45) is 15.4 Å². The van der Waals surface area contributed by atoms with Gasteiger partial charge in [0.1, 0.15) is 6.34 Å². The van der Waals surface area contributed by atoms with Crippen LogP contribution in [0.15, 0.2) is 34.9 Å². The minimum absolute atomic E-state index is 0.0141. The van der Waals surface area contributed by atoms with E-state index in [1.54, 1.807) is 12.3 Å². The quantitative estimate of drug-likeness (QED) is 0.452. The number of nitrogens with zero attached hydrogens (tertiary/aromatic N) is 2. The Morgan fingerprint density at radius 1 is 1.33 bits per heavy atom. The van der Waals surface area contributed by atoms with Gasteiger partial charge in [-0.3, -0.25) is 0 Å². The van der Waals surface area contributed by atoms with Crippen LogP contribution >= 0.6 is 0 Å². The molecule has 66 valence electrons. The zero-order valence-electron chi connectivity index (χ0n) is 8.04. The van der Waals surface area contributed by atoms with Gasteiger partial charge < -0.3 is 0 Å². The van der Waals surface area contributed by atoms with Gasteiger partial charge in [0.25, 0.3) is 0 Å². The number of allylic oxidation sites excluding steroid dienone is 2. The van der Waals surface area contributed by atoms with Crippen LogP contribution in [0, 0.1) is 5.41 Å². The fourth-order valence-corrected chi connectivity index (χ4v) is 0.396. The molecule has 0 saturated heterocycles. The van der Waals surface area contributed by atoms with Crippen molar-refractivity contribution in [3.05, 3.63) is 24.9 Å². The first-order chi connectivity index (χ1) is 5.48. The fraction of sp³-hybridized carbons (Fsp3) is 0.400. The SMILES string of the molecule is C=CC=NC=NC(=C)C(C)(C)C. The van der Waals surface area contributed by atoms with E-state index >= 15 is 0 Å². The summed E-state index contributed by atoms with van der Waals surface area (Å²) < 4.78 is 0. The highest BCUT2D eigenvalue weighted by molar-refractivity contribution is 5.79. The van der Waals surface area contributed by atoms with E-state index in [4.69, 9.17) is 0 Å². The molecule has 12 heavy (non-hydrogen) atoms. The molecule has 0 radical (unpaired) electrons. The minimum atomic E-state index is 0.0141. The van der Waals surface area contributed by atoms with E-state index in [-0.39, 0.29) is 5.41 Å². The second-order valence-corrected chi connectivity index (χ2v) is 3.48. The van der Waals surface area contributed by atoms with Gasteiger partial charge in [0, 0.05) is 17.3 Å². The van der Waals surface area contributed by atoms with E-state index in [2.05, 4.69) is 43.9 Å². The molecule has 0 fully saturated rings. The third-order valence-electron chi connectivity index (χ3n) is 1.34. The van der Waals surface area contributed by atoms with Crippen LogP contribution in [0.25, 0.3) is 0 Å². The Morgan fingerprint density at radius 3 is 2.33 bits per heavy atom. The lowest BCUT2D eigenvalue weighted by Gasteiger charge is -2.16. The van der Waals surface area contributed by atoms with Gasteiger partial charge in [-0.15, -0.1) is 0 Å². The minimum Gasteiger partial charge on any atom is -0.245 e. The topological polar surface area (TPSA) is 24.7 Å². The largest absolute Gasteiger partial charge is 0.245 e. The summed E-state index contributed by atoms with van der Waals surface area (Å²) in [6, 6.07) is 0. The summed E-state index contributed by atoms with van der Waals surface area (Å²) in [5, 5.41) is 0. The second kappa shape index (κ2) is 4.65. The summed E-state index contributed by atoms with van der Waals surface area (Å²) in [5.74, 6) is 0. The summed E-state index contributed by atoms with van der Waals surface area (Å²) >= 11 is 0. The van der Waals surface area contributed by atoms with E-state index in [9.17, 15) is 0 Å². The van der Waals surface area contributed by atoms with E-state index in [1.807, 2.05) is 0 Å². The van der Waals surface area contributed by atoms with Crippen molar-refractivity contribution in [3.63, 3.8) is 0 Å². The molecule has 0 aromatic heterocycles. The summed E-state index contributed by atoms with van der Waals surface area (Å²) in [5.41, 5.74) is 0.837. The number of rotatable bonds is 3. The molecule has 0 aliphatic carbocycles. The molecular weight excluding hydrogens is 148 g/mol. The summed E-state index contributed by atoms with van der Waals surface area (Å²) in [6.45, 7) is 13.5. The smallest absolute Gasteiger partial charge is 0.115 e. The molecule has 0 rings (SSSR count). The van der Waals surface area contributed by atoms with E-state index in [0.717, 1.165) is 5.70 Å². The molecule has 0 aromatic carbocycles. The Labute approximate surface area is 74.4 Å². The molecule has 2 nitrogen and oxygen atoms in total. The maximum Gasteiger partial charge on any atom is 0.115 e. The van der Waals surface area contributed by atoms with Gasteiger partial charge >= 0.3 is 0 Å². The predicted molar refractivity (Wildman–Crippen MR) is 55.8 cm³/mol. The molecule has 0 unspecified atom stereocenters. The van der Waals surface area contributed by atoms with E-state index < -0.39 is 0 Å². The maximum absolute atomic E-state index is 4.07. The third-order valence-corrected chi connectivity index (χ3v) is 1.34. The van der Waals surface area contributed by atoms with Crippen molar-refractivity contribution in [1.82, 2.24) is 0 Å². The number of hydrogen-bond acceptors (Lipinski definition) is 1. The van der Waals surface area contributed by atoms with Crippen molar-refractivity contribution < 1.29 is 0 Å². The first-order valence-corrected chi connectivity index (χ1v) is 3.84. The number of aliphatic imine (C=N–C) groups is 2. The fourth-order valence-electron chi connectivity index (χ4n) is 0.396. The van der Waals surface area contributed by atoms with Gasteiger partial charge in [-0.25, -0.2) is 9.98 Å². The van der Waals surface area contributed by atoms with Crippen molar-refractivity contribution in [3.8, 4) is 0 Å². The Balaban J connectivity index is 4.10. The van der Waals surface area contributed by atoms with Gasteiger partial charge in [0.15, 0.2) is 0 Å². The Hall–Kier alpha value is -1.18. The van der Waals surface area contributed by atoms with Crippen LogP contribution in [0.3, 0.4) is 0 Å². The predicted octanol–water partition coefficient (Wildman–Crippen LogP) is 2.83. The molecule has 0 aromatic rings. The van der Waals surface area contributed by atoms with Crippen LogP contribution in [0.5, 0.6) is 0 Å².